The molecule has 8 nitrogen and oxygen atoms in total. The topological polar surface area (TPSA) is 92.6 Å². The number of rotatable bonds is 5. The molecule has 0 spiro atoms. The van der Waals surface area contributed by atoms with E-state index in [-0.39, 0.29) is 12.5 Å². The maximum atomic E-state index is 12.1. The summed E-state index contributed by atoms with van der Waals surface area (Å²) in [6.45, 7) is 0.550. The number of tetrazole rings is 1. The maximum Gasteiger partial charge on any atom is 0.246 e. The van der Waals surface area contributed by atoms with Crippen LogP contribution in [0.1, 0.15) is 5.56 Å². The summed E-state index contributed by atoms with van der Waals surface area (Å²) < 4.78 is 0. The van der Waals surface area contributed by atoms with Crippen LogP contribution in [0.5, 0.6) is 0 Å². The molecule has 0 unspecified atom stereocenters. The van der Waals surface area contributed by atoms with Crippen LogP contribution in [0.3, 0.4) is 0 Å². The van der Waals surface area contributed by atoms with Crippen molar-refractivity contribution < 1.29 is 4.79 Å². The molecule has 0 saturated heterocycles. The summed E-state index contributed by atoms with van der Waals surface area (Å²) >= 11 is 1.53. The van der Waals surface area contributed by atoms with E-state index in [1.54, 1.807) is 24.3 Å². The SMILES string of the molecule is CN(Cc1cn[nH]c1)C(=O)Cn1nnc(-c2cccs2)n1. The third kappa shape index (κ3) is 3.14. The number of aromatic nitrogens is 6. The molecular weight excluding hydrogens is 290 g/mol. The molecule has 0 fully saturated rings. The van der Waals surface area contributed by atoms with Gasteiger partial charge in [-0.2, -0.15) is 9.90 Å². The zero-order valence-corrected chi connectivity index (χ0v) is 12.1. The number of thiophene rings is 1. The molecule has 0 saturated carbocycles. The number of nitrogens with zero attached hydrogens (tertiary/aromatic N) is 6. The molecular formula is C12H13N7OS. The molecule has 0 aromatic carbocycles. The van der Waals surface area contributed by atoms with Gasteiger partial charge in [0.05, 0.1) is 11.1 Å². The Balaban J connectivity index is 1.62. The molecule has 108 valence electrons. The highest BCUT2D eigenvalue weighted by molar-refractivity contribution is 7.13. The zero-order chi connectivity index (χ0) is 14.7. The summed E-state index contributed by atoms with van der Waals surface area (Å²) in [5.41, 5.74) is 0.941. The van der Waals surface area contributed by atoms with Crippen LogP contribution in [-0.2, 0) is 17.9 Å². The molecule has 0 bridgehead atoms. The summed E-state index contributed by atoms with van der Waals surface area (Å²) in [4.78, 5) is 15.9. The van der Waals surface area contributed by atoms with Gasteiger partial charge in [0.15, 0.2) is 0 Å². The van der Waals surface area contributed by atoms with Crippen LogP contribution in [0.2, 0.25) is 0 Å². The van der Waals surface area contributed by atoms with E-state index in [1.165, 1.54) is 16.1 Å². The number of likely N-dealkylation sites (N-methyl/N-ethyl adjacent to an activating group) is 1. The van der Waals surface area contributed by atoms with Crippen LogP contribution < -0.4 is 0 Å². The monoisotopic (exact) mass is 303 g/mol. The minimum atomic E-state index is -0.0914. The molecule has 3 rings (SSSR count). The fraction of sp³-hybridized carbons (Fsp3) is 0.250. The summed E-state index contributed by atoms with van der Waals surface area (Å²) in [5.74, 6) is 0.446. The lowest BCUT2D eigenvalue weighted by Crippen LogP contribution is -2.30. The van der Waals surface area contributed by atoms with E-state index < -0.39 is 0 Å². The lowest BCUT2D eigenvalue weighted by atomic mass is 10.3. The van der Waals surface area contributed by atoms with E-state index in [2.05, 4.69) is 25.6 Å². The van der Waals surface area contributed by atoms with Gasteiger partial charge < -0.3 is 4.90 Å². The first-order chi connectivity index (χ1) is 10.2. The third-order valence-corrected chi connectivity index (χ3v) is 3.74. The zero-order valence-electron chi connectivity index (χ0n) is 11.3. The van der Waals surface area contributed by atoms with Crippen molar-refractivity contribution in [1.29, 1.82) is 0 Å². The number of hydrogen-bond donors (Lipinski definition) is 1. The maximum absolute atomic E-state index is 12.1. The molecule has 0 radical (unpaired) electrons. The van der Waals surface area contributed by atoms with Crippen molar-refractivity contribution in [1.82, 2.24) is 35.3 Å². The fourth-order valence-electron chi connectivity index (χ4n) is 1.78. The fourth-order valence-corrected chi connectivity index (χ4v) is 2.43. The molecule has 9 heteroatoms. The van der Waals surface area contributed by atoms with Crippen molar-refractivity contribution >= 4 is 17.2 Å². The summed E-state index contributed by atoms with van der Waals surface area (Å²) in [6.07, 6.45) is 3.44. The van der Waals surface area contributed by atoms with Gasteiger partial charge in [-0.3, -0.25) is 9.89 Å². The summed E-state index contributed by atoms with van der Waals surface area (Å²) in [7, 11) is 1.73. The minimum absolute atomic E-state index is 0.0622. The highest BCUT2D eigenvalue weighted by Crippen LogP contribution is 2.19. The normalized spacial score (nSPS) is 10.7. The third-order valence-electron chi connectivity index (χ3n) is 2.87. The van der Waals surface area contributed by atoms with Gasteiger partial charge in [-0.25, -0.2) is 0 Å². The average molecular weight is 303 g/mol. The molecule has 3 aromatic rings. The molecule has 3 heterocycles. The Labute approximate surface area is 124 Å². The van der Waals surface area contributed by atoms with Crippen molar-refractivity contribution in [2.24, 2.45) is 0 Å². The highest BCUT2D eigenvalue weighted by Gasteiger charge is 2.13. The predicted molar refractivity (Wildman–Crippen MR) is 76.2 cm³/mol. The quantitative estimate of drug-likeness (QED) is 0.752. The van der Waals surface area contributed by atoms with Crippen LogP contribution in [0, 0.1) is 0 Å². The second-order valence-corrected chi connectivity index (χ2v) is 5.42. The molecule has 0 aliphatic carbocycles. The number of nitrogens with one attached hydrogen (secondary N) is 1. The van der Waals surface area contributed by atoms with Gasteiger partial charge in [-0.05, 0) is 16.7 Å². The van der Waals surface area contributed by atoms with Crippen molar-refractivity contribution in [3.63, 3.8) is 0 Å². The lowest BCUT2D eigenvalue weighted by molar-refractivity contribution is -0.131. The Kier molecular flexibility index (Phi) is 3.73. The van der Waals surface area contributed by atoms with Crippen LogP contribution in [0.15, 0.2) is 29.9 Å². The van der Waals surface area contributed by atoms with Crippen molar-refractivity contribution in [2.75, 3.05) is 7.05 Å². The minimum Gasteiger partial charge on any atom is -0.340 e. The molecule has 1 N–H and O–H groups in total. The molecule has 0 aliphatic rings. The summed E-state index contributed by atoms with van der Waals surface area (Å²) in [6, 6.07) is 3.84. The second-order valence-electron chi connectivity index (χ2n) is 4.48. The van der Waals surface area contributed by atoms with Gasteiger partial charge in [0.1, 0.15) is 6.54 Å². The number of carbonyl (C=O) groups is 1. The Hall–Kier alpha value is -2.55. The van der Waals surface area contributed by atoms with Crippen LogP contribution in [-0.4, -0.2) is 48.3 Å². The van der Waals surface area contributed by atoms with E-state index in [1.807, 2.05) is 17.5 Å². The van der Waals surface area contributed by atoms with Crippen molar-refractivity contribution in [3.8, 4) is 10.7 Å². The molecule has 3 aromatic heterocycles. The van der Waals surface area contributed by atoms with E-state index in [9.17, 15) is 4.79 Å². The Morgan fingerprint density at radius 1 is 1.52 bits per heavy atom. The van der Waals surface area contributed by atoms with Gasteiger partial charge in [0.2, 0.25) is 11.7 Å². The van der Waals surface area contributed by atoms with Gasteiger partial charge in [0, 0.05) is 25.4 Å². The predicted octanol–water partition coefficient (Wildman–Crippen LogP) is 0.783. The lowest BCUT2D eigenvalue weighted by Gasteiger charge is -2.15. The molecule has 21 heavy (non-hydrogen) atoms. The number of amides is 1. The highest BCUT2D eigenvalue weighted by atomic mass is 32.1. The Morgan fingerprint density at radius 3 is 3.14 bits per heavy atom. The average Bonchev–Trinajstić information content (AvgIpc) is 3.20. The second kappa shape index (κ2) is 5.83. The number of hydrogen-bond acceptors (Lipinski definition) is 6. The van der Waals surface area contributed by atoms with Gasteiger partial charge >= 0.3 is 0 Å². The first-order valence-electron chi connectivity index (χ1n) is 6.25. The Bertz CT molecular complexity index is 704. The molecule has 0 atom stereocenters. The first kappa shape index (κ1) is 13.4. The van der Waals surface area contributed by atoms with Gasteiger partial charge in [-0.1, -0.05) is 6.07 Å². The van der Waals surface area contributed by atoms with Crippen LogP contribution in [0.25, 0.3) is 10.7 Å². The van der Waals surface area contributed by atoms with Crippen LogP contribution in [0.4, 0.5) is 0 Å². The van der Waals surface area contributed by atoms with Crippen molar-refractivity contribution in [2.45, 2.75) is 13.1 Å². The van der Waals surface area contributed by atoms with E-state index >= 15 is 0 Å². The number of aromatic amines is 1. The smallest absolute Gasteiger partial charge is 0.246 e. The van der Waals surface area contributed by atoms with E-state index in [4.69, 9.17) is 0 Å². The van der Waals surface area contributed by atoms with Crippen LogP contribution >= 0.6 is 11.3 Å². The van der Waals surface area contributed by atoms with E-state index in [0.29, 0.717) is 12.4 Å². The first-order valence-corrected chi connectivity index (χ1v) is 7.13. The number of H-pyrrole nitrogens is 1. The number of carbonyl (C=O) groups excluding carboxylic acids is 1. The van der Waals surface area contributed by atoms with Gasteiger partial charge in [-0.15, -0.1) is 21.5 Å². The van der Waals surface area contributed by atoms with E-state index in [0.717, 1.165) is 10.4 Å². The Morgan fingerprint density at radius 2 is 2.43 bits per heavy atom. The molecule has 1 amide bonds. The largest absolute Gasteiger partial charge is 0.340 e. The summed E-state index contributed by atoms with van der Waals surface area (Å²) in [5, 5.41) is 20.6. The standard InChI is InChI=1S/C12H13N7OS/c1-18(7-9-5-13-14-6-9)11(20)8-19-16-12(15-17-19)10-3-2-4-21-10/h2-6H,7-8H2,1H3,(H,13,14). The molecule has 0 aliphatic heterocycles. The van der Waals surface area contributed by atoms with Crippen molar-refractivity contribution in [3.05, 3.63) is 35.5 Å². The van der Waals surface area contributed by atoms with Gasteiger partial charge in [0.25, 0.3) is 0 Å².